The van der Waals surface area contributed by atoms with E-state index in [0.29, 0.717) is 6.04 Å². The molecule has 3 aromatic rings. The van der Waals surface area contributed by atoms with E-state index in [2.05, 4.69) is 62.7 Å². The first-order valence-electron chi connectivity index (χ1n) is 12.3. The number of piperazine rings is 1. The summed E-state index contributed by atoms with van der Waals surface area (Å²) in [4.78, 5) is 17.5. The summed E-state index contributed by atoms with van der Waals surface area (Å²) >= 11 is 0. The van der Waals surface area contributed by atoms with Crippen molar-refractivity contribution in [2.75, 3.05) is 44.7 Å². The summed E-state index contributed by atoms with van der Waals surface area (Å²) in [6, 6.07) is 11.3. The molecule has 2 aliphatic carbocycles. The summed E-state index contributed by atoms with van der Waals surface area (Å²) in [6.07, 6.45) is 10.6. The third-order valence-corrected chi connectivity index (χ3v) is 7.51. The van der Waals surface area contributed by atoms with E-state index < -0.39 is 0 Å². The quantitative estimate of drug-likeness (QED) is 0.595. The SMILES string of the molecule is CN1CCN(c2cccc3nc(CN(CC4CC4)[C@H]4CCCc5cccnc54)cn23)CC1. The van der Waals surface area contributed by atoms with Gasteiger partial charge in [-0.2, -0.15) is 0 Å². The molecule has 2 fully saturated rings. The average molecular weight is 431 g/mol. The van der Waals surface area contributed by atoms with Gasteiger partial charge < -0.3 is 9.80 Å². The van der Waals surface area contributed by atoms with E-state index in [9.17, 15) is 0 Å². The van der Waals surface area contributed by atoms with Gasteiger partial charge in [0.05, 0.1) is 17.4 Å². The van der Waals surface area contributed by atoms with Crippen LogP contribution in [0.2, 0.25) is 0 Å². The maximum atomic E-state index is 5.07. The Kier molecular flexibility index (Phi) is 5.35. The van der Waals surface area contributed by atoms with Gasteiger partial charge in [0.25, 0.3) is 0 Å². The first-order chi connectivity index (χ1) is 15.7. The first-order valence-corrected chi connectivity index (χ1v) is 12.3. The van der Waals surface area contributed by atoms with Crippen LogP contribution in [0.15, 0.2) is 42.7 Å². The highest BCUT2D eigenvalue weighted by Crippen LogP contribution is 2.38. The van der Waals surface area contributed by atoms with E-state index in [1.165, 1.54) is 61.4 Å². The Bertz CT molecular complexity index is 1080. The molecule has 0 unspecified atom stereocenters. The van der Waals surface area contributed by atoms with Crippen LogP contribution in [0.3, 0.4) is 0 Å². The third-order valence-electron chi connectivity index (χ3n) is 7.51. The summed E-state index contributed by atoms with van der Waals surface area (Å²) in [6.45, 7) is 6.44. The number of nitrogens with zero attached hydrogens (tertiary/aromatic N) is 6. The molecule has 3 aromatic heterocycles. The van der Waals surface area contributed by atoms with Crippen molar-refractivity contribution in [2.24, 2.45) is 5.92 Å². The number of aromatic nitrogens is 3. The van der Waals surface area contributed by atoms with E-state index in [4.69, 9.17) is 9.97 Å². The normalized spacial score (nSPS) is 21.9. The van der Waals surface area contributed by atoms with Gasteiger partial charge in [-0.05, 0) is 68.8 Å². The Hall–Kier alpha value is -2.44. The van der Waals surface area contributed by atoms with Crippen LogP contribution in [-0.2, 0) is 13.0 Å². The van der Waals surface area contributed by atoms with Crippen LogP contribution < -0.4 is 4.90 Å². The lowest BCUT2D eigenvalue weighted by atomic mass is 9.90. The lowest BCUT2D eigenvalue weighted by Gasteiger charge is -2.35. The summed E-state index contributed by atoms with van der Waals surface area (Å²) in [5, 5.41) is 0. The molecule has 1 saturated carbocycles. The van der Waals surface area contributed by atoms with Gasteiger partial charge >= 0.3 is 0 Å². The fraction of sp³-hybridized carbons (Fsp3) is 0.538. The molecule has 6 rings (SSSR count). The van der Waals surface area contributed by atoms with Crippen molar-refractivity contribution in [3.63, 3.8) is 0 Å². The van der Waals surface area contributed by atoms with E-state index >= 15 is 0 Å². The summed E-state index contributed by atoms with van der Waals surface area (Å²) in [5.41, 5.74) is 4.98. The lowest BCUT2D eigenvalue weighted by molar-refractivity contribution is 0.157. The molecule has 0 bridgehead atoms. The van der Waals surface area contributed by atoms with Crippen molar-refractivity contribution >= 4 is 11.5 Å². The van der Waals surface area contributed by atoms with Gasteiger partial charge in [0.2, 0.25) is 0 Å². The molecule has 6 heteroatoms. The second-order valence-electron chi connectivity index (χ2n) is 9.96. The Morgan fingerprint density at radius 3 is 2.75 bits per heavy atom. The second kappa shape index (κ2) is 8.49. The molecular weight excluding hydrogens is 396 g/mol. The molecular formula is C26H34N6. The van der Waals surface area contributed by atoms with Gasteiger partial charge in [-0.15, -0.1) is 0 Å². The Balaban J connectivity index is 1.29. The van der Waals surface area contributed by atoms with Gasteiger partial charge in [0, 0.05) is 51.7 Å². The van der Waals surface area contributed by atoms with Crippen molar-refractivity contribution in [3.8, 4) is 0 Å². The van der Waals surface area contributed by atoms with Gasteiger partial charge in [-0.1, -0.05) is 12.1 Å². The molecule has 1 saturated heterocycles. The summed E-state index contributed by atoms with van der Waals surface area (Å²) in [5.74, 6) is 2.12. The second-order valence-corrected chi connectivity index (χ2v) is 9.96. The zero-order valence-electron chi connectivity index (χ0n) is 19.2. The zero-order chi connectivity index (χ0) is 21.5. The van der Waals surface area contributed by atoms with E-state index in [0.717, 1.165) is 44.3 Å². The molecule has 6 nitrogen and oxygen atoms in total. The standard InChI is InChI=1S/C26H34N6/c1-29-13-15-30(16-14-29)25-9-3-8-24-28-22(19-32(24)25)18-31(17-20-10-11-20)23-7-2-5-21-6-4-12-27-26(21)23/h3-4,6,8-9,12,19-20,23H,2,5,7,10-11,13-18H2,1H3/t23-/m0/s1. The van der Waals surface area contributed by atoms with Crippen molar-refractivity contribution in [1.29, 1.82) is 0 Å². The summed E-state index contributed by atoms with van der Waals surface area (Å²) < 4.78 is 2.31. The van der Waals surface area contributed by atoms with Crippen LogP contribution in [0.25, 0.3) is 5.65 Å². The van der Waals surface area contributed by atoms with E-state index in [1.54, 1.807) is 0 Å². The molecule has 0 amide bonds. The molecule has 0 spiro atoms. The highest BCUT2D eigenvalue weighted by atomic mass is 15.3. The number of rotatable bonds is 6. The molecule has 1 aliphatic heterocycles. The lowest BCUT2D eigenvalue weighted by Crippen LogP contribution is -2.45. The fourth-order valence-electron chi connectivity index (χ4n) is 5.50. The van der Waals surface area contributed by atoms with Crippen molar-refractivity contribution in [2.45, 2.75) is 44.7 Å². The predicted molar refractivity (Wildman–Crippen MR) is 128 cm³/mol. The molecule has 168 valence electrons. The Labute approximate surface area is 190 Å². The van der Waals surface area contributed by atoms with Crippen LogP contribution >= 0.6 is 0 Å². The molecule has 4 heterocycles. The number of hydrogen-bond donors (Lipinski definition) is 0. The van der Waals surface area contributed by atoms with Gasteiger partial charge in [-0.3, -0.25) is 14.3 Å². The number of likely N-dealkylation sites (N-methyl/N-ethyl adjacent to an activating group) is 1. The Morgan fingerprint density at radius 2 is 1.91 bits per heavy atom. The minimum Gasteiger partial charge on any atom is -0.355 e. The number of pyridine rings is 2. The highest BCUT2D eigenvalue weighted by Gasteiger charge is 2.32. The molecule has 0 radical (unpaired) electrons. The molecule has 32 heavy (non-hydrogen) atoms. The van der Waals surface area contributed by atoms with Gasteiger partial charge in [-0.25, -0.2) is 4.98 Å². The maximum Gasteiger partial charge on any atom is 0.138 e. The molecule has 0 aromatic carbocycles. The minimum atomic E-state index is 0.419. The summed E-state index contributed by atoms with van der Waals surface area (Å²) in [7, 11) is 2.21. The Morgan fingerprint density at radius 1 is 1.03 bits per heavy atom. The largest absolute Gasteiger partial charge is 0.355 e. The number of anilines is 1. The number of aryl methyl sites for hydroxylation is 1. The molecule has 3 aliphatic rings. The minimum absolute atomic E-state index is 0.419. The average Bonchev–Trinajstić information content (AvgIpc) is 3.54. The van der Waals surface area contributed by atoms with Crippen LogP contribution in [0, 0.1) is 5.92 Å². The fourth-order valence-corrected chi connectivity index (χ4v) is 5.50. The molecule has 1 atom stereocenters. The zero-order valence-corrected chi connectivity index (χ0v) is 19.2. The number of hydrogen-bond acceptors (Lipinski definition) is 5. The number of fused-ring (bicyclic) bond motifs is 2. The maximum absolute atomic E-state index is 5.07. The van der Waals surface area contributed by atoms with Gasteiger partial charge in [0.1, 0.15) is 11.5 Å². The van der Waals surface area contributed by atoms with Crippen LogP contribution in [-0.4, -0.2) is 63.9 Å². The van der Waals surface area contributed by atoms with E-state index in [1.807, 2.05) is 6.20 Å². The van der Waals surface area contributed by atoms with Crippen LogP contribution in [0.1, 0.15) is 48.7 Å². The highest BCUT2D eigenvalue weighted by molar-refractivity contribution is 5.53. The third kappa shape index (κ3) is 4.02. The monoisotopic (exact) mass is 430 g/mol. The smallest absolute Gasteiger partial charge is 0.138 e. The van der Waals surface area contributed by atoms with Crippen molar-refractivity contribution in [1.82, 2.24) is 24.2 Å². The van der Waals surface area contributed by atoms with Crippen molar-refractivity contribution < 1.29 is 0 Å². The number of imidazole rings is 1. The van der Waals surface area contributed by atoms with Crippen molar-refractivity contribution in [3.05, 3.63) is 59.7 Å². The van der Waals surface area contributed by atoms with Crippen LogP contribution in [0.4, 0.5) is 5.82 Å². The first kappa shape index (κ1) is 20.2. The predicted octanol–water partition coefficient (Wildman–Crippen LogP) is 3.77. The topological polar surface area (TPSA) is 39.9 Å². The molecule has 0 N–H and O–H groups in total. The van der Waals surface area contributed by atoms with Crippen LogP contribution in [0.5, 0.6) is 0 Å². The van der Waals surface area contributed by atoms with E-state index in [-0.39, 0.29) is 0 Å². The van der Waals surface area contributed by atoms with Gasteiger partial charge in [0.15, 0.2) is 0 Å².